The minimum atomic E-state index is 0.175. The Morgan fingerprint density at radius 3 is 1.43 bits per heavy atom. The van der Waals surface area contributed by atoms with Crippen molar-refractivity contribution < 1.29 is 4.79 Å². The summed E-state index contributed by atoms with van der Waals surface area (Å²) in [5.41, 5.74) is 0. The molecule has 0 aliphatic rings. The Morgan fingerprint density at radius 2 is 1.05 bits per heavy atom. The van der Waals surface area contributed by atoms with Crippen LogP contribution in [0.25, 0.3) is 0 Å². The molecule has 130 valence electrons. The van der Waals surface area contributed by atoms with Crippen molar-refractivity contribution in [2.24, 2.45) is 0 Å². The zero-order valence-corrected chi connectivity index (χ0v) is 15.7. The average Bonchev–Trinajstić information content (AvgIpc) is 2.56. The van der Waals surface area contributed by atoms with Gasteiger partial charge in [-0.1, -0.05) is 72.6 Å². The second kappa shape index (κ2) is 27.7. The van der Waals surface area contributed by atoms with Crippen LogP contribution in [0.5, 0.6) is 0 Å². The predicted molar refractivity (Wildman–Crippen MR) is 96.9 cm³/mol. The SMILES string of the molecule is CC.CC.CNCCCCCCCCCCCC(=O)NC. The summed E-state index contributed by atoms with van der Waals surface area (Å²) >= 11 is 0. The molecular formula is C18H42N2O. The number of hydrogen-bond donors (Lipinski definition) is 2. The van der Waals surface area contributed by atoms with Gasteiger partial charge in [0, 0.05) is 13.5 Å². The highest BCUT2D eigenvalue weighted by Crippen LogP contribution is 2.10. The first-order valence-corrected chi connectivity index (χ1v) is 9.16. The molecule has 0 aromatic rings. The minimum absolute atomic E-state index is 0.175. The normalized spacial score (nSPS) is 9.05. The number of nitrogens with one attached hydrogen (secondary N) is 2. The molecule has 0 bridgehead atoms. The van der Waals surface area contributed by atoms with Crippen LogP contribution < -0.4 is 10.6 Å². The first-order chi connectivity index (χ1) is 10.3. The molecule has 1 amide bonds. The van der Waals surface area contributed by atoms with E-state index in [1.165, 1.54) is 51.4 Å². The molecule has 0 rings (SSSR count). The average molecular weight is 303 g/mol. The van der Waals surface area contributed by atoms with Crippen molar-refractivity contribution in [1.29, 1.82) is 0 Å². The monoisotopic (exact) mass is 302 g/mol. The fourth-order valence-electron chi connectivity index (χ4n) is 1.95. The van der Waals surface area contributed by atoms with E-state index in [9.17, 15) is 4.79 Å². The summed E-state index contributed by atoms with van der Waals surface area (Å²) in [5, 5.41) is 5.83. The molecule has 3 nitrogen and oxygen atoms in total. The fourth-order valence-corrected chi connectivity index (χ4v) is 1.95. The summed E-state index contributed by atoms with van der Waals surface area (Å²) in [4.78, 5) is 11.0. The summed E-state index contributed by atoms with van der Waals surface area (Å²) < 4.78 is 0. The molecule has 0 radical (unpaired) electrons. The van der Waals surface area contributed by atoms with Gasteiger partial charge in [-0.2, -0.15) is 0 Å². The Hall–Kier alpha value is -0.570. The predicted octanol–water partition coefficient (Wildman–Crippen LogP) is 4.91. The van der Waals surface area contributed by atoms with Gasteiger partial charge in [0.1, 0.15) is 0 Å². The molecule has 0 atom stereocenters. The van der Waals surface area contributed by atoms with E-state index in [-0.39, 0.29) is 5.91 Å². The quantitative estimate of drug-likeness (QED) is 0.503. The van der Waals surface area contributed by atoms with E-state index in [2.05, 4.69) is 10.6 Å². The maximum atomic E-state index is 11.0. The lowest BCUT2D eigenvalue weighted by atomic mass is 10.1. The Kier molecular flexibility index (Phi) is 33.5. The molecule has 0 heterocycles. The molecule has 0 aromatic heterocycles. The highest BCUT2D eigenvalue weighted by atomic mass is 16.1. The number of amides is 1. The molecular weight excluding hydrogens is 260 g/mol. The highest BCUT2D eigenvalue weighted by Gasteiger charge is 1.97. The van der Waals surface area contributed by atoms with Crippen molar-refractivity contribution in [2.45, 2.75) is 91.9 Å². The van der Waals surface area contributed by atoms with Gasteiger partial charge >= 0.3 is 0 Å². The van der Waals surface area contributed by atoms with Crippen LogP contribution in [0.3, 0.4) is 0 Å². The van der Waals surface area contributed by atoms with Crippen molar-refractivity contribution in [3.8, 4) is 0 Å². The molecule has 0 saturated carbocycles. The first-order valence-electron chi connectivity index (χ1n) is 9.16. The van der Waals surface area contributed by atoms with Gasteiger partial charge in [-0.25, -0.2) is 0 Å². The smallest absolute Gasteiger partial charge is 0.219 e. The fraction of sp³-hybridized carbons (Fsp3) is 0.944. The van der Waals surface area contributed by atoms with E-state index < -0.39 is 0 Å². The summed E-state index contributed by atoms with van der Waals surface area (Å²) in [6.45, 7) is 9.15. The zero-order chi connectivity index (χ0) is 16.8. The standard InChI is InChI=1S/C14H30N2O.2C2H6/c1-15-13-11-9-7-5-3-4-6-8-10-12-14(17)16-2;2*1-2/h15H,3-13H2,1-2H3,(H,16,17);2*1-2H3. The summed E-state index contributed by atoms with van der Waals surface area (Å²) in [6, 6.07) is 0. The van der Waals surface area contributed by atoms with Gasteiger partial charge in [0.15, 0.2) is 0 Å². The van der Waals surface area contributed by atoms with E-state index >= 15 is 0 Å². The summed E-state index contributed by atoms with van der Waals surface area (Å²) in [5.74, 6) is 0.175. The molecule has 0 saturated heterocycles. The van der Waals surface area contributed by atoms with Crippen LogP contribution in [-0.2, 0) is 4.79 Å². The van der Waals surface area contributed by atoms with Gasteiger partial charge in [0.05, 0.1) is 0 Å². The third-order valence-electron chi connectivity index (χ3n) is 3.11. The van der Waals surface area contributed by atoms with Gasteiger partial charge < -0.3 is 10.6 Å². The van der Waals surface area contributed by atoms with Crippen LogP contribution >= 0.6 is 0 Å². The molecule has 0 unspecified atom stereocenters. The lowest BCUT2D eigenvalue weighted by Gasteiger charge is -2.02. The number of carbonyl (C=O) groups excluding carboxylic acids is 1. The number of carbonyl (C=O) groups is 1. The molecule has 0 spiro atoms. The third kappa shape index (κ3) is 28.3. The molecule has 0 aliphatic carbocycles. The number of unbranched alkanes of at least 4 members (excludes halogenated alkanes) is 8. The van der Waals surface area contributed by atoms with Crippen LogP contribution in [0, 0.1) is 0 Å². The van der Waals surface area contributed by atoms with Crippen molar-refractivity contribution in [1.82, 2.24) is 10.6 Å². The Balaban J connectivity index is -0.000000739. The van der Waals surface area contributed by atoms with Gasteiger partial charge in [-0.15, -0.1) is 0 Å². The highest BCUT2D eigenvalue weighted by molar-refractivity contribution is 5.75. The lowest BCUT2D eigenvalue weighted by molar-refractivity contribution is -0.120. The topological polar surface area (TPSA) is 41.1 Å². The first kappa shape index (κ1) is 25.4. The second-order valence-corrected chi connectivity index (χ2v) is 4.71. The molecule has 0 fully saturated rings. The zero-order valence-electron chi connectivity index (χ0n) is 15.7. The van der Waals surface area contributed by atoms with Crippen LogP contribution in [0.2, 0.25) is 0 Å². The van der Waals surface area contributed by atoms with E-state index in [0.717, 1.165) is 13.0 Å². The van der Waals surface area contributed by atoms with Crippen LogP contribution in [0.4, 0.5) is 0 Å². The lowest BCUT2D eigenvalue weighted by Crippen LogP contribution is -2.16. The molecule has 21 heavy (non-hydrogen) atoms. The van der Waals surface area contributed by atoms with Crippen molar-refractivity contribution in [2.75, 3.05) is 20.6 Å². The minimum Gasteiger partial charge on any atom is -0.359 e. The molecule has 2 N–H and O–H groups in total. The molecule has 0 aromatic carbocycles. The van der Waals surface area contributed by atoms with Crippen molar-refractivity contribution in [3.63, 3.8) is 0 Å². The number of rotatable bonds is 12. The summed E-state index contributed by atoms with van der Waals surface area (Å²) in [7, 11) is 3.72. The van der Waals surface area contributed by atoms with Gasteiger partial charge in [-0.3, -0.25) is 4.79 Å². The third-order valence-corrected chi connectivity index (χ3v) is 3.11. The van der Waals surface area contributed by atoms with Crippen LogP contribution in [0.1, 0.15) is 91.9 Å². The van der Waals surface area contributed by atoms with E-state index in [1.54, 1.807) is 7.05 Å². The van der Waals surface area contributed by atoms with Gasteiger partial charge in [-0.05, 0) is 26.4 Å². The molecule has 0 aliphatic heterocycles. The van der Waals surface area contributed by atoms with Crippen LogP contribution in [-0.4, -0.2) is 26.5 Å². The maximum absolute atomic E-state index is 11.0. The van der Waals surface area contributed by atoms with E-state index in [4.69, 9.17) is 0 Å². The maximum Gasteiger partial charge on any atom is 0.219 e. The summed E-state index contributed by atoms with van der Waals surface area (Å²) in [6.07, 6.45) is 12.3. The second-order valence-electron chi connectivity index (χ2n) is 4.71. The van der Waals surface area contributed by atoms with E-state index in [1.807, 2.05) is 34.7 Å². The van der Waals surface area contributed by atoms with Crippen LogP contribution in [0.15, 0.2) is 0 Å². The molecule has 3 heteroatoms. The van der Waals surface area contributed by atoms with E-state index in [0.29, 0.717) is 6.42 Å². The Bertz CT molecular complexity index is 173. The van der Waals surface area contributed by atoms with Gasteiger partial charge in [0.25, 0.3) is 0 Å². The Labute approximate surface area is 134 Å². The number of hydrogen-bond acceptors (Lipinski definition) is 2. The Morgan fingerprint density at radius 1 is 0.667 bits per heavy atom. The van der Waals surface area contributed by atoms with Crippen molar-refractivity contribution >= 4 is 5.91 Å². The van der Waals surface area contributed by atoms with Crippen molar-refractivity contribution in [3.05, 3.63) is 0 Å². The van der Waals surface area contributed by atoms with Gasteiger partial charge in [0.2, 0.25) is 5.91 Å². The largest absolute Gasteiger partial charge is 0.359 e.